The highest BCUT2D eigenvalue weighted by atomic mass is 14.2. The number of fused-ring (bicyclic) bond motifs is 8. The normalized spacial score (nSPS) is 11.7. The second-order valence-electron chi connectivity index (χ2n) is 16.0. The average molecular weight is 759 g/mol. The Morgan fingerprint density at radius 1 is 0.167 bits per heavy atom. The summed E-state index contributed by atoms with van der Waals surface area (Å²) in [5.41, 5.74) is 12.3. The molecule has 0 heterocycles. The molecule has 0 aromatic heterocycles. The second-order valence-corrected chi connectivity index (χ2v) is 16.0. The maximum atomic E-state index is 2.43. The second kappa shape index (κ2) is 13.9. The van der Waals surface area contributed by atoms with Crippen LogP contribution in [0.1, 0.15) is 0 Å². The van der Waals surface area contributed by atoms with Crippen molar-refractivity contribution in [3.05, 3.63) is 231 Å². The Kier molecular flexibility index (Phi) is 7.96. The van der Waals surface area contributed by atoms with Gasteiger partial charge in [-0.1, -0.05) is 200 Å². The Labute approximate surface area is 349 Å². The molecular formula is C60H38. The topological polar surface area (TPSA) is 0 Å². The first-order chi connectivity index (χ1) is 29.8. The molecule has 0 atom stereocenters. The molecule has 0 aliphatic carbocycles. The molecule has 0 fully saturated rings. The van der Waals surface area contributed by atoms with E-state index in [2.05, 4.69) is 231 Å². The summed E-state index contributed by atoms with van der Waals surface area (Å²) in [6.45, 7) is 0. The summed E-state index contributed by atoms with van der Waals surface area (Å²) in [5, 5.41) is 15.1. The van der Waals surface area contributed by atoms with Gasteiger partial charge in [0.2, 0.25) is 0 Å². The lowest BCUT2D eigenvalue weighted by Crippen LogP contribution is -1.93. The minimum atomic E-state index is 1.21. The van der Waals surface area contributed by atoms with Crippen LogP contribution in [0.5, 0.6) is 0 Å². The molecular weight excluding hydrogens is 721 g/mol. The molecule has 12 aromatic rings. The van der Waals surface area contributed by atoms with E-state index >= 15 is 0 Å². The summed E-state index contributed by atoms with van der Waals surface area (Å²) >= 11 is 0. The molecule has 278 valence electrons. The highest BCUT2D eigenvalue weighted by Gasteiger charge is 2.20. The maximum Gasteiger partial charge on any atom is -0.00259 e. The van der Waals surface area contributed by atoms with Crippen LogP contribution in [0.15, 0.2) is 231 Å². The van der Waals surface area contributed by atoms with E-state index in [1.54, 1.807) is 0 Å². The lowest BCUT2D eigenvalue weighted by molar-refractivity contribution is 1.62. The minimum absolute atomic E-state index is 1.21. The monoisotopic (exact) mass is 758 g/mol. The molecule has 12 rings (SSSR count). The Hall–Kier alpha value is -7.80. The van der Waals surface area contributed by atoms with E-state index in [1.165, 1.54) is 120 Å². The van der Waals surface area contributed by atoms with Gasteiger partial charge >= 0.3 is 0 Å². The largest absolute Gasteiger partial charge is 0.0622 e. The summed E-state index contributed by atoms with van der Waals surface area (Å²) in [6.07, 6.45) is 0. The van der Waals surface area contributed by atoms with Gasteiger partial charge in [-0.2, -0.15) is 0 Å². The van der Waals surface area contributed by atoms with Gasteiger partial charge in [-0.15, -0.1) is 0 Å². The predicted octanol–water partition coefficient (Wildman–Crippen LogP) is 16.9. The average Bonchev–Trinajstić information content (AvgIpc) is 3.33. The molecule has 0 aliphatic rings. The van der Waals surface area contributed by atoms with Crippen LogP contribution in [-0.4, -0.2) is 0 Å². The van der Waals surface area contributed by atoms with E-state index in [1.807, 2.05) is 0 Å². The smallest absolute Gasteiger partial charge is 0.00259 e. The molecule has 0 N–H and O–H groups in total. The third kappa shape index (κ3) is 5.53. The zero-order valence-electron chi connectivity index (χ0n) is 32.9. The summed E-state index contributed by atoms with van der Waals surface area (Å²) in [6, 6.07) is 85.2. The molecule has 0 nitrogen and oxygen atoms in total. The molecule has 0 spiro atoms. The van der Waals surface area contributed by atoms with Crippen LogP contribution in [0.3, 0.4) is 0 Å². The zero-order chi connectivity index (χ0) is 39.6. The molecule has 0 radical (unpaired) electrons. The van der Waals surface area contributed by atoms with Crippen molar-refractivity contribution < 1.29 is 0 Å². The summed E-state index contributed by atoms with van der Waals surface area (Å²) < 4.78 is 0. The van der Waals surface area contributed by atoms with Crippen molar-refractivity contribution in [3.8, 4) is 55.6 Å². The van der Waals surface area contributed by atoms with Crippen molar-refractivity contribution in [3.63, 3.8) is 0 Å². The first kappa shape index (κ1) is 34.3. The van der Waals surface area contributed by atoms with E-state index < -0.39 is 0 Å². The predicted molar refractivity (Wildman–Crippen MR) is 259 cm³/mol. The quantitative estimate of drug-likeness (QED) is 0.121. The fourth-order valence-corrected chi connectivity index (χ4v) is 9.88. The summed E-state index contributed by atoms with van der Waals surface area (Å²) in [4.78, 5) is 0. The lowest BCUT2D eigenvalue weighted by atomic mass is 9.83. The number of benzene rings is 12. The lowest BCUT2D eigenvalue weighted by Gasteiger charge is -2.20. The van der Waals surface area contributed by atoms with Crippen LogP contribution in [0.4, 0.5) is 0 Å². The summed E-state index contributed by atoms with van der Waals surface area (Å²) in [7, 11) is 0. The van der Waals surface area contributed by atoms with Crippen molar-refractivity contribution >= 4 is 64.6 Å². The van der Waals surface area contributed by atoms with E-state index in [4.69, 9.17) is 0 Å². The molecule has 0 unspecified atom stereocenters. The molecule has 0 aliphatic heterocycles. The van der Waals surface area contributed by atoms with Gasteiger partial charge in [0.15, 0.2) is 0 Å². The van der Waals surface area contributed by atoms with Crippen LogP contribution in [0.25, 0.3) is 120 Å². The highest BCUT2D eigenvalue weighted by Crippen LogP contribution is 2.47. The number of hydrogen-bond acceptors (Lipinski definition) is 0. The van der Waals surface area contributed by atoms with Gasteiger partial charge in [0.25, 0.3) is 0 Å². The molecule has 0 saturated carbocycles. The van der Waals surface area contributed by atoms with E-state index in [0.29, 0.717) is 0 Å². The highest BCUT2D eigenvalue weighted by molar-refractivity contribution is 6.23. The Morgan fingerprint density at radius 2 is 0.550 bits per heavy atom. The SMILES string of the molecule is c1ccc(-c2ccc3c(-c4cccc(-c5cc6ccccc6c6ccccc56)c4)c4ccccc4c(-c4cccc(-c5cc6ccccc6c6ccccc56)c4)c3c2)cc1. The van der Waals surface area contributed by atoms with Gasteiger partial charge in [-0.05, 0) is 151 Å². The van der Waals surface area contributed by atoms with Crippen molar-refractivity contribution in [2.45, 2.75) is 0 Å². The van der Waals surface area contributed by atoms with Crippen LogP contribution in [0, 0.1) is 0 Å². The fourth-order valence-electron chi connectivity index (χ4n) is 9.88. The molecule has 0 saturated heterocycles. The van der Waals surface area contributed by atoms with Crippen molar-refractivity contribution in [1.29, 1.82) is 0 Å². The van der Waals surface area contributed by atoms with E-state index in [0.717, 1.165) is 0 Å². The standard InChI is InChI=1S/C60H38/c1-2-16-39(17-3-1)40-32-33-55-58(36-40)60(46-23-15-21-42(35-46)57-38-44-19-5-7-25-48(44)50-27-9-11-29-52(50)57)54-31-13-12-30-53(54)59(55)45-22-14-20-41(34-45)56-37-43-18-4-6-24-47(43)49-26-8-10-28-51(49)56/h1-38H. The molecule has 12 aromatic carbocycles. The third-order valence-corrected chi connectivity index (χ3v) is 12.6. The maximum absolute atomic E-state index is 2.43. The van der Waals surface area contributed by atoms with E-state index in [-0.39, 0.29) is 0 Å². The van der Waals surface area contributed by atoms with E-state index in [9.17, 15) is 0 Å². The first-order valence-electron chi connectivity index (χ1n) is 20.8. The van der Waals surface area contributed by atoms with Gasteiger partial charge in [-0.25, -0.2) is 0 Å². The van der Waals surface area contributed by atoms with Crippen molar-refractivity contribution in [2.75, 3.05) is 0 Å². The molecule has 0 heteroatoms. The van der Waals surface area contributed by atoms with Gasteiger partial charge in [0, 0.05) is 0 Å². The Morgan fingerprint density at radius 3 is 1.08 bits per heavy atom. The summed E-state index contributed by atoms with van der Waals surface area (Å²) in [5.74, 6) is 0. The molecule has 0 amide bonds. The van der Waals surface area contributed by atoms with Crippen LogP contribution >= 0.6 is 0 Å². The van der Waals surface area contributed by atoms with Gasteiger partial charge in [-0.3, -0.25) is 0 Å². The van der Waals surface area contributed by atoms with Crippen molar-refractivity contribution in [1.82, 2.24) is 0 Å². The van der Waals surface area contributed by atoms with Gasteiger partial charge < -0.3 is 0 Å². The van der Waals surface area contributed by atoms with Crippen LogP contribution < -0.4 is 0 Å². The Balaban J connectivity index is 1.12. The first-order valence-corrected chi connectivity index (χ1v) is 20.8. The van der Waals surface area contributed by atoms with Crippen LogP contribution in [0.2, 0.25) is 0 Å². The van der Waals surface area contributed by atoms with Crippen molar-refractivity contribution in [2.24, 2.45) is 0 Å². The third-order valence-electron chi connectivity index (χ3n) is 12.6. The number of rotatable bonds is 5. The van der Waals surface area contributed by atoms with Gasteiger partial charge in [0.05, 0.1) is 0 Å². The number of hydrogen-bond donors (Lipinski definition) is 0. The van der Waals surface area contributed by atoms with Gasteiger partial charge in [0.1, 0.15) is 0 Å². The molecule has 60 heavy (non-hydrogen) atoms. The van der Waals surface area contributed by atoms with Crippen LogP contribution in [-0.2, 0) is 0 Å². The zero-order valence-corrected chi connectivity index (χ0v) is 32.9. The Bertz CT molecular complexity index is 3650. The fraction of sp³-hybridized carbons (Fsp3) is 0. The minimum Gasteiger partial charge on any atom is -0.0622 e. The molecule has 0 bridgehead atoms.